The third-order valence-electron chi connectivity index (χ3n) is 3.25. The highest BCUT2D eigenvalue weighted by atomic mass is 19.1. The number of hydrogen-bond donors (Lipinski definition) is 2. The number of amides is 1. The molecule has 3 rings (SSSR count). The van der Waals surface area contributed by atoms with E-state index in [0.717, 1.165) is 24.4 Å². The molecule has 1 aromatic heterocycles. The molecule has 0 aliphatic heterocycles. The molecule has 2 N–H and O–H groups in total. The number of pyridine rings is 1. The lowest BCUT2D eigenvalue weighted by Crippen LogP contribution is -2.22. The first-order chi connectivity index (χ1) is 11.0. The fourth-order valence-electron chi connectivity index (χ4n) is 2.17. The van der Waals surface area contributed by atoms with E-state index in [-0.39, 0.29) is 16.8 Å². The number of H-pyrrole nitrogens is 1. The fraction of sp³-hybridized carbons (Fsp3) is 0. The van der Waals surface area contributed by atoms with Crippen LogP contribution in [0.25, 0.3) is 10.9 Å². The van der Waals surface area contributed by atoms with Crippen LogP contribution in [0.5, 0.6) is 0 Å². The summed E-state index contributed by atoms with van der Waals surface area (Å²) >= 11 is 0. The van der Waals surface area contributed by atoms with Gasteiger partial charge in [-0.2, -0.15) is 0 Å². The summed E-state index contributed by atoms with van der Waals surface area (Å²) < 4.78 is 39.7. The standard InChI is InChI=1S/C16H9F3N2O2/c17-8-1-3-10(4-2-8)21-16(23)11-7-20-13-6-9(18)5-12(19)14(13)15(11)22/h1-7H,(H,20,22)(H,21,23). The van der Waals surface area contributed by atoms with Crippen LogP contribution in [0.2, 0.25) is 0 Å². The number of nitrogens with one attached hydrogen (secondary N) is 2. The number of aromatic nitrogens is 1. The highest BCUT2D eigenvalue weighted by molar-refractivity contribution is 6.05. The smallest absolute Gasteiger partial charge is 0.261 e. The molecule has 23 heavy (non-hydrogen) atoms. The Morgan fingerprint density at radius 2 is 1.70 bits per heavy atom. The van der Waals surface area contributed by atoms with Crippen LogP contribution < -0.4 is 10.7 Å². The molecule has 0 radical (unpaired) electrons. The summed E-state index contributed by atoms with van der Waals surface area (Å²) in [6, 6.07) is 6.45. The molecule has 0 saturated carbocycles. The Labute approximate surface area is 127 Å². The zero-order valence-corrected chi connectivity index (χ0v) is 11.5. The second-order valence-electron chi connectivity index (χ2n) is 4.80. The van der Waals surface area contributed by atoms with E-state index in [2.05, 4.69) is 10.3 Å². The van der Waals surface area contributed by atoms with Gasteiger partial charge in [0.2, 0.25) is 5.43 Å². The number of benzene rings is 2. The van der Waals surface area contributed by atoms with Crippen molar-refractivity contribution < 1.29 is 18.0 Å². The van der Waals surface area contributed by atoms with Crippen molar-refractivity contribution in [3.63, 3.8) is 0 Å². The van der Waals surface area contributed by atoms with Gasteiger partial charge in [0.25, 0.3) is 5.91 Å². The van der Waals surface area contributed by atoms with Gasteiger partial charge in [0.15, 0.2) is 0 Å². The van der Waals surface area contributed by atoms with Crippen molar-refractivity contribution in [3.05, 3.63) is 75.8 Å². The molecule has 0 unspecified atom stereocenters. The molecule has 4 nitrogen and oxygen atoms in total. The molecular formula is C16H9F3N2O2. The van der Waals surface area contributed by atoms with Gasteiger partial charge in [0.05, 0.1) is 10.9 Å². The van der Waals surface area contributed by atoms with Crippen molar-refractivity contribution in [3.8, 4) is 0 Å². The highest BCUT2D eigenvalue weighted by Gasteiger charge is 2.16. The van der Waals surface area contributed by atoms with Crippen molar-refractivity contribution in [1.29, 1.82) is 0 Å². The zero-order valence-electron chi connectivity index (χ0n) is 11.5. The molecule has 0 saturated heterocycles. The van der Waals surface area contributed by atoms with Crippen LogP contribution in [-0.4, -0.2) is 10.9 Å². The number of carbonyl (C=O) groups is 1. The SMILES string of the molecule is O=C(Nc1ccc(F)cc1)c1c[nH]c2cc(F)cc(F)c2c1=O. The minimum atomic E-state index is -1.06. The second kappa shape index (κ2) is 5.60. The van der Waals surface area contributed by atoms with Gasteiger partial charge in [-0.25, -0.2) is 13.2 Å². The predicted octanol–water partition coefficient (Wildman–Crippen LogP) is 3.20. The van der Waals surface area contributed by atoms with Gasteiger partial charge in [0.1, 0.15) is 23.0 Å². The van der Waals surface area contributed by atoms with Gasteiger partial charge in [-0.1, -0.05) is 0 Å². The van der Waals surface area contributed by atoms with E-state index < -0.39 is 34.2 Å². The number of halogens is 3. The normalized spacial score (nSPS) is 10.7. The number of fused-ring (bicyclic) bond motifs is 1. The van der Waals surface area contributed by atoms with Crippen LogP contribution >= 0.6 is 0 Å². The van der Waals surface area contributed by atoms with Gasteiger partial charge in [0, 0.05) is 18.0 Å². The van der Waals surface area contributed by atoms with Crippen LogP contribution in [0, 0.1) is 17.5 Å². The molecule has 1 heterocycles. The molecule has 7 heteroatoms. The summed E-state index contributed by atoms with van der Waals surface area (Å²) in [6.45, 7) is 0. The van der Waals surface area contributed by atoms with Crippen LogP contribution in [0.3, 0.4) is 0 Å². The topological polar surface area (TPSA) is 62.0 Å². The monoisotopic (exact) mass is 318 g/mol. The third-order valence-corrected chi connectivity index (χ3v) is 3.25. The highest BCUT2D eigenvalue weighted by Crippen LogP contribution is 2.16. The summed E-state index contributed by atoms with van der Waals surface area (Å²) in [4.78, 5) is 26.9. The molecule has 0 atom stereocenters. The van der Waals surface area contributed by atoms with Crippen molar-refractivity contribution in [2.45, 2.75) is 0 Å². The molecular weight excluding hydrogens is 309 g/mol. The summed E-state index contributed by atoms with van der Waals surface area (Å²) in [5, 5.41) is 2.00. The fourth-order valence-corrected chi connectivity index (χ4v) is 2.17. The Balaban J connectivity index is 2.03. The number of hydrogen-bond acceptors (Lipinski definition) is 2. The molecule has 0 fully saturated rings. The van der Waals surface area contributed by atoms with Gasteiger partial charge >= 0.3 is 0 Å². The van der Waals surface area contributed by atoms with E-state index in [4.69, 9.17) is 0 Å². The minimum absolute atomic E-state index is 0.0502. The Morgan fingerprint density at radius 1 is 1.00 bits per heavy atom. The van der Waals surface area contributed by atoms with Crippen molar-refractivity contribution in [2.24, 2.45) is 0 Å². The van der Waals surface area contributed by atoms with E-state index in [1.807, 2.05) is 0 Å². The molecule has 2 aromatic carbocycles. The van der Waals surface area contributed by atoms with Crippen LogP contribution in [0.1, 0.15) is 10.4 Å². The number of carbonyl (C=O) groups excluding carboxylic acids is 1. The first kappa shape index (κ1) is 14.8. The molecule has 116 valence electrons. The average molecular weight is 318 g/mol. The van der Waals surface area contributed by atoms with Gasteiger partial charge in [-0.05, 0) is 30.3 Å². The lowest BCUT2D eigenvalue weighted by molar-refractivity contribution is 0.102. The van der Waals surface area contributed by atoms with E-state index in [0.29, 0.717) is 6.07 Å². The Hall–Kier alpha value is -3.09. The first-order valence-corrected chi connectivity index (χ1v) is 6.53. The number of aromatic amines is 1. The maximum atomic E-state index is 13.8. The van der Waals surface area contributed by atoms with Gasteiger partial charge in [-0.3, -0.25) is 9.59 Å². The van der Waals surface area contributed by atoms with E-state index in [1.165, 1.54) is 12.1 Å². The van der Waals surface area contributed by atoms with Crippen molar-refractivity contribution in [1.82, 2.24) is 4.98 Å². The molecule has 1 amide bonds. The van der Waals surface area contributed by atoms with Gasteiger partial charge < -0.3 is 10.3 Å². The van der Waals surface area contributed by atoms with Crippen molar-refractivity contribution in [2.75, 3.05) is 5.32 Å². The lowest BCUT2D eigenvalue weighted by atomic mass is 10.1. The maximum absolute atomic E-state index is 13.8. The predicted molar refractivity (Wildman–Crippen MR) is 78.8 cm³/mol. The quantitative estimate of drug-likeness (QED) is 0.762. The first-order valence-electron chi connectivity index (χ1n) is 6.53. The molecule has 0 bridgehead atoms. The average Bonchev–Trinajstić information content (AvgIpc) is 2.49. The van der Waals surface area contributed by atoms with Gasteiger partial charge in [-0.15, -0.1) is 0 Å². The van der Waals surface area contributed by atoms with E-state index >= 15 is 0 Å². The van der Waals surface area contributed by atoms with E-state index in [9.17, 15) is 22.8 Å². The maximum Gasteiger partial charge on any atom is 0.261 e. The third kappa shape index (κ3) is 2.80. The molecule has 0 spiro atoms. The summed E-state index contributed by atoms with van der Waals surface area (Å²) in [5.41, 5.74) is -0.982. The lowest BCUT2D eigenvalue weighted by Gasteiger charge is -2.06. The van der Waals surface area contributed by atoms with E-state index in [1.54, 1.807) is 0 Å². The largest absolute Gasteiger partial charge is 0.360 e. The minimum Gasteiger partial charge on any atom is -0.360 e. The zero-order chi connectivity index (χ0) is 16.6. The Kier molecular flexibility index (Phi) is 3.61. The second-order valence-corrected chi connectivity index (χ2v) is 4.80. The molecule has 0 aliphatic rings. The summed E-state index contributed by atoms with van der Waals surface area (Å²) in [7, 11) is 0. The summed E-state index contributed by atoms with van der Waals surface area (Å²) in [6.07, 6.45) is 1.07. The van der Waals surface area contributed by atoms with Crippen LogP contribution in [-0.2, 0) is 0 Å². The van der Waals surface area contributed by atoms with Crippen molar-refractivity contribution >= 4 is 22.5 Å². The van der Waals surface area contributed by atoms with Crippen LogP contribution in [0.4, 0.5) is 18.9 Å². The molecule has 0 aliphatic carbocycles. The van der Waals surface area contributed by atoms with Crippen LogP contribution in [0.15, 0.2) is 47.4 Å². The molecule has 3 aromatic rings. The Morgan fingerprint density at radius 3 is 2.39 bits per heavy atom. The summed E-state index contributed by atoms with van der Waals surface area (Å²) in [5.74, 6) is -3.16. The number of anilines is 1. The number of rotatable bonds is 2. The Bertz CT molecular complexity index is 965.